The molecule has 0 aromatic carbocycles. The van der Waals surface area contributed by atoms with Crippen LogP contribution < -0.4 is 15.4 Å². The summed E-state index contributed by atoms with van der Waals surface area (Å²) in [7, 11) is -3.23. The molecular weight excluding hydrogens is 362 g/mol. The Labute approximate surface area is 164 Å². The van der Waals surface area contributed by atoms with Crippen LogP contribution in [0.4, 0.5) is 0 Å². The van der Waals surface area contributed by atoms with Crippen molar-refractivity contribution in [2.45, 2.75) is 70.4 Å². The normalized spacial score (nSPS) is 25.7. The maximum absolute atomic E-state index is 12.1. The van der Waals surface area contributed by atoms with Crippen molar-refractivity contribution < 1.29 is 8.42 Å². The average molecular weight is 400 g/mol. The van der Waals surface area contributed by atoms with E-state index in [2.05, 4.69) is 25.2 Å². The molecule has 1 saturated heterocycles. The van der Waals surface area contributed by atoms with Crippen LogP contribution in [-0.2, 0) is 10.0 Å². The monoisotopic (exact) mass is 399 g/mol. The van der Waals surface area contributed by atoms with E-state index in [4.69, 9.17) is 0 Å². The number of nitrogens with zero attached hydrogens (tertiary/aromatic N) is 2. The number of sulfonamides is 1. The molecule has 156 valence electrons. The summed E-state index contributed by atoms with van der Waals surface area (Å²) >= 11 is 0. The number of hydrogen-bond donors (Lipinski definition) is 3. The van der Waals surface area contributed by atoms with Gasteiger partial charge in [-0.3, -0.25) is 9.89 Å². The smallest absolute Gasteiger partial charge is 0.213 e. The van der Waals surface area contributed by atoms with Gasteiger partial charge in [0.05, 0.1) is 12.3 Å². The lowest BCUT2D eigenvalue weighted by Crippen LogP contribution is -2.45. The fourth-order valence-electron chi connectivity index (χ4n) is 4.31. The maximum atomic E-state index is 12.1. The highest BCUT2D eigenvalue weighted by molar-refractivity contribution is 7.89. The molecule has 1 heterocycles. The first-order chi connectivity index (χ1) is 13.1. The molecular formula is C19H37N5O2S. The van der Waals surface area contributed by atoms with E-state index < -0.39 is 10.0 Å². The van der Waals surface area contributed by atoms with Crippen molar-refractivity contribution >= 4 is 16.0 Å². The molecule has 0 radical (unpaired) electrons. The van der Waals surface area contributed by atoms with Crippen molar-refractivity contribution in [2.24, 2.45) is 10.9 Å². The Morgan fingerprint density at radius 2 is 1.89 bits per heavy atom. The minimum Gasteiger partial charge on any atom is -0.357 e. The first-order valence-corrected chi connectivity index (χ1v) is 12.5. The van der Waals surface area contributed by atoms with Crippen molar-refractivity contribution in [3.63, 3.8) is 0 Å². The molecule has 3 rings (SSSR count). The highest BCUT2D eigenvalue weighted by atomic mass is 32.2. The summed E-state index contributed by atoms with van der Waals surface area (Å²) in [4.78, 5) is 7.12. The van der Waals surface area contributed by atoms with E-state index >= 15 is 0 Å². The Morgan fingerprint density at radius 3 is 2.56 bits per heavy atom. The van der Waals surface area contributed by atoms with Gasteiger partial charge >= 0.3 is 0 Å². The van der Waals surface area contributed by atoms with Gasteiger partial charge in [0.1, 0.15) is 0 Å². The standard InChI is InChI=1S/C19H37N5O2S/c1-2-20-19(21-11-13-27(25,26)22-14-16-6-5-7-16)23-17-10-12-24(15-17)18-8-3-4-9-18/h16-18,22H,2-15H2,1H3,(H2,20,21,23). The van der Waals surface area contributed by atoms with Gasteiger partial charge in [0.2, 0.25) is 10.0 Å². The second kappa shape index (κ2) is 10.1. The maximum Gasteiger partial charge on any atom is 0.213 e. The summed E-state index contributed by atoms with van der Waals surface area (Å²) < 4.78 is 27.0. The lowest BCUT2D eigenvalue weighted by molar-refractivity contribution is 0.242. The summed E-state index contributed by atoms with van der Waals surface area (Å²) in [6.07, 6.45) is 10.1. The van der Waals surface area contributed by atoms with Crippen LogP contribution in [-0.4, -0.2) is 69.8 Å². The molecule has 1 unspecified atom stereocenters. The zero-order valence-corrected chi connectivity index (χ0v) is 17.6. The van der Waals surface area contributed by atoms with Gasteiger partial charge < -0.3 is 10.6 Å². The van der Waals surface area contributed by atoms with Crippen molar-refractivity contribution in [3.8, 4) is 0 Å². The minimum absolute atomic E-state index is 0.0508. The van der Waals surface area contributed by atoms with Gasteiger partial charge in [-0.15, -0.1) is 0 Å². The van der Waals surface area contributed by atoms with E-state index in [1.807, 2.05) is 6.92 Å². The minimum atomic E-state index is -3.23. The van der Waals surface area contributed by atoms with E-state index in [1.165, 1.54) is 32.1 Å². The predicted molar refractivity (Wildman–Crippen MR) is 110 cm³/mol. The first-order valence-electron chi connectivity index (χ1n) is 10.8. The predicted octanol–water partition coefficient (Wildman–Crippen LogP) is 1.28. The second-order valence-corrected chi connectivity index (χ2v) is 10.2. The van der Waals surface area contributed by atoms with Gasteiger partial charge in [0, 0.05) is 38.3 Å². The summed E-state index contributed by atoms with van der Waals surface area (Å²) in [5.74, 6) is 1.33. The van der Waals surface area contributed by atoms with Crippen LogP contribution in [0.5, 0.6) is 0 Å². The molecule has 0 aromatic heterocycles. The molecule has 27 heavy (non-hydrogen) atoms. The third-order valence-electron chi connectivity index (χ3n) is 6.19. The van der Waals surface area contributed by atoms with Gasteiger partial charge in [-0.2, -0.15) is 0 Å². The third-order valence-corrected chi connectivity index (χ3v) is 7.52. The molecule has 3 aliphatic rings. The SMILES string of the molecule is CCNC(=NCCS(=O)(=O)NCC1CCC1)NC1CCN(C2CCCC2)C1. The van der Waals surface area contributed by atoms with Crippen LogP contribution in [0.1, 0.15) is 58.3 Å². The van der Waals surface area contributed by atoms with Crippen LogP contribution in [0.15, 0.2) is 4.99 Å². The lowest BCUT2D eigenvalue weighted by Gasteiger charge is -2.25. The topological polar surface area (TPSA) is 85.8 Å². The fraction of sp³-hybridized carbons (Fsp3) is 0.947. The van der Waals surface area contributed by atoms with Crippen molar-refractivity contribution in [3.05, 3.63) is 0 Å². The molecule has 3 fully saturated rings. The van der Waals surface area contributed by atoms with E-state index in [0.29, 0.717) is 18.5 Å². The second-order valence-electron chi connectivity index (χ2n) is 8.29. The summed E-state index contributed by atoms with van der Waals surface area (Å²) in [5, 5.41) is 6.76. The molecule has 7 nitrogen and oxygen atoms in total. The number of hydrogen-bond acceptors (Lipinski definition) is 4. The number of aliphatic imine (C=N–C) groups is 1. The Balaban J connectivity index is 1.42. The molecule has 2 saturated carbocycles. The van der Waals surface area contributed by atoms with Crippen LogP contribution in [0, 0.1) is 5.92 Å². The molecule has 0 bridgehead atoms. The van der Waals surface area contributed by atoms with Gasteiger partial charge in [-0.1, -0.05) is 19.3 Å². The van der Waals surface area contributed by atoms with Gasteiger partial charge in [0.15, 0.2) is 5.96 Å². The van der Waals surface area contributed by atoms with E-state index in [-0.39, 0.29) is 12.3 Å². The number of likely N-dealkylation sites (tertiary alicyclic amines) is 1. The molecule has 3 N–H and O–H groups in total. The van der Waals surface area contributed by atoms with Crippen molar-refractivity contribution in [2.75, 3.05) is 38.5 Å². The first kappa shape index (κ1) is 20.9. The molecule has 2 aliphatic carbocycles. The Morgan fingerprint density at radius 1 is 1.11 bits per heavy atom. The summed E-state index contributed by atoms with van der Waals surface area (Å²) in [5.41, 5.74) is 0. The van der Waals surface area contributed by atoms with Crippen molar-refractivity contribution in [1.82, 2.24) is 20.3 Å². The zero-order valence-electron chi connectivity index (χ0n) is 16.8. The Hall–Kier alpha value is -0.860. The van der Waals surface area contributed by atoms with Gasteiger partial charge in [-0.25, -0.2) is 13.1 Å². The fourth-order valence-corrected chi connectivity index (χ4v) is 5.28. The largest absolute Gasteiger partial charge is 0.357 e. The number of guanidine groups is 1. The third kappa shape index (κ3) is 6.61. The van der Waals surface area contributed by atoms with Crippen LogP contribution >= 0.6 is 0 Å². The molecule has 8 heteroatoms. The molecule has 0 spiro atoms. The molecule has 0 aromatic rings. The Bertz CT molecular complexity index is 585. The summed E-state index contributed by atoms with van der Waals surface area (Å²) in [6, 6.07) is 1.17. The van der Waals surface area contributed by atoms with E-state index in [9.17, 15) is 8.42 Å². The highest BCUT2D eigenvalue weighted by Gasteiger charge is 2.30. The molecule has 1 atom stereocenters. The van der Waals surface area contributed by atoms with Crippen LogP contribution in [0.2, 0.25) is 0 Å². The van der Waals surface area contributed by atoms with Crippen LogP contribution in [0.25, 0.3) is 0 Å². The Kier molecular flexibility index (Phi) is 7.78. The molecule has 0 amide bonds. The van der Waals surface area contributed by atoms with Gasteiger partial charge in [0.25, 0.3) is 0 Å². The average Bonchev–Trinajstić information content (AvgIpc) is 3.24. The summed E-state index contributed by atoms with van der Waals surface area (Å²) in [6.45, 7) is 5.90. The van der Waals surface area contributed by atoms with E-state index in [0.717, 1.165) is 50.9 Å². The van der Waals surface area contributed by atoms with Crippen LogP contribution in [0.3, 0.4) is 0 Å². The quantitative estimate of drug-likeness (QED) is 0.402. The number of rotatable bonds is 9. The highest BCUT2D eigenvalue weighted by Crippen LogP contribution is 2.26. The van der Waals surface area contributed by atoms with Gasteiger partial charge in [-0.05, 0) is 44.9 Å². The lowest BCUT2D eigenvalue weighted by atomic mass is 9.86. The zero-order chi connectivity index (χ0) is 19.1. The number of nitrogens with one attached hydrogen (secondary N) is 3. The van der Waals surface area contributed by atoms with E-state index in [1.54, 1.807) is 0 Å². The molecule has 1 aliphatic heterocycles. The van der Waals surface area contributed by atoms with Crippen molar-refractivity contribution in [1.29, 1.82) is 0 Å².